The Hall–Kier alpha value is -2.60. The Labute approximate surface area is 123 Å². The second-order valence-corrected chi connectivity index (χ2v) is 4.42. The molecule has 0 saturated heterocycles. The molecule has 6 nitrogen and oxygen atoms in total. The van der Waals surface area contributed by atoms with Gasteiger partial charge in [-0.15, -0.1) is 0 Å². The summed E-state index contributed by atoms with van der Waals surface area (Å²) in [5.74, 6) is 0.519. The van der Waals surface area contributed by atoms with Crippen molar-refractivity contribution in [3.8, 4) is 5.88 Å². The SMILES string of the molecule is COc1cc(CNC(=O)Nc2cccc(CN)c2)ccn1. The van der Waals surface area contributed by atoms with Crippen LogP contribution in [0.25, 0.3) is 0 Å². The van der Waals surface area contributed by atoms with Gasteiger partial charge in [-0.2, -0.15) is 0 Å². The van der Waals surface area contributed by atoms with Gasteiger partial charge in [0.1, 0.15) is 0 Å². The Morgan fingerprint density at radius 2 is 2.14 bits per heavy atom. The number of rotatable bonds is 5. The first-order valence-corrected chi connectivity index (χ1v) is 6.54. The molecule has 110 valence electrons. The third-order valence-corrected chi connectivity index (χ3v) is 2.88. The van der Waals surface area contributed by atoms with E-state index in [9.17, 15) is 4.79 Å². The zero-order valence-electron chi connectivity index (χ0n) is 11.8. The number of methoxy groups -OCH3 is 1. The first-order valence-electron chi connectivity index (χ1n) is 6.54. The highest BCUT2D eigenvalue weighted by molar-refractivity contribution is 5.89. The molecule has 1 heterocycles. The molecule has 0 bridgehead atoms. The Kier molecular flexibility index (Phi) is 5.11. The van der Waals surface area contributed by atoms with E-state index in [0.717, 1.165) is 11.1 Å². The highest BCUT2D eigenvalue weighted by Gasteiger charge is 2.03. The Balaban J connectivity index is 1.89. The molecular formula is C15H18N4O2. The molecule has 0 aliphatic carbocycles. The van der Waals surface area contributed by atoms with E-state index in [1.165, 1.54) is 0 Å². The van der Waals surface area contributed by atoms with Crippen molar-refractivity contribution in [1.82, 2.24) is 10.3 Å². The number of carbonyl (C=O) groups excluding carboxylic acids is 1. The van der Waals surface area contributed by atoms with Gasteiger partial charge in [0.15, 0.2) is 0 Å². The molecule has 1 aromatic heterocycles. The van der Waals surface area contributed by atoms with Gasteiger partial charge in [-0.05, 0) is 29.3 Å². The number of nitrogens with zero attached hydrogens (tertiary/aromatic N) is 1. The predicted octanol–water partition coefficient (Wildman–Crippen LogP) is 1.87. The largest absolute Gasteiger partial charge is 0.481 e. The van der Waals surface area contributed by atoms with E-state index in [1.807, 2.05) is 30.3 Å². The smallest absolute Gasteiger partial charge is 0.319 e. The first kappa shape index (κ1) is 14.8. The number of amides is 2. The normalized spacial score (nSPS) is 10.0. The van der Waals surface area contributed by atoms with Crippen molar-refractivity contribution in [3.63, 3.8) is 0 Å². The molecule has 0 aliphatic rings. The zero-order chi connectivity index (χ0) is 15.1. The van der Waals surface area contributed by atoms with Crippen LogP contribution < -0.4 is 21.1 Å². The van der Waals surface area contributed by atoms with Crippen molar-refractivity contribution >= 4 is 11.7 Å². The number of anilines is 1. The average Bonchev–Trinajstić information content (AvgIpc) is 2.53. The van der Waals surface area contributed by atoms with Gasteiger partial charge in [-0.1, -0.05) is 12.1 Å². The van der Waals surface area contributed by atoms with Crippen LogP contribution in [0.3, 0.4) is 0 Å². The van der Waals surface area contributed by atoms with Gasteiger partial charge < -0.3 is 21.1 Å². The van der Waals surface area contributed by atoms with Crippen molar-refractivity contribution in [3.05, 3.63) is 53.7 Å². The number of hydrogen-bond donors (Lipinski definition) is 3. The van der Waals surface area contributed by atoms with Crippen molar-refractivity contribution in [2.24, 2.45) is 5.73 Å². The fraction of sp³-hybridized carbons (Fsp3) is 0.200. The molecule has 0 spiro atoms. The number of hydrogen-bond acceptors (Lipinski definition) is 4. The second kappa shape index (κ2) is 7.25. The maximum Gasteiger partial charge on any atom is 0.319 e. The van der Waals surface area contributed by atoms with Crippen molar-refractivity contribution < 1.29 is 9.53 Å². The minimum absolute atomic E-state index is 0.278. The highest BCUT2D eigenvalue weighted by atomic mass is 16.5. The maximum absolute atomic E-state index is 11.8. The molecule has 0 saturated carbocycles. The fourth-order valence-electron chi connectivity index (χ4n) is 1.81. The van der Waals surface area contributed by atoms with Crippen LogP contribution in [-0.2, 0) is 13.1 Å². The summed E-state index contributed by atoms with van der Waals surface area (Å²) in [4.78, 5) is 15.8. The van der Waals surface area contributed by atoms with Gasteiger partial charge in [0, 0.05) is 31.0 Å². The van der Waals surface area contributed by atoms with Gasteiger partial charge in [-0.25, -0.2) is 9.78 Å². The molecular weight excluding hydrogens is 268 g/mol. The Bertz CT molecular complexity index is 616. The van der Waals surface area contributed by atoms with Gasteiger partial charge in [-0.3, -0.25) is 0 Å². The van der Waals surface area contributed by atoms with E-state index in [2.05, 4.69) is 15.6 Å². The van der Waals surface area contributed by atoms with Gasteiger partial charge in [0.2, 0.25) is 5.88 Å². The summed E-state index contributed by atoms with van der Waals surface area (Å²) in [6, 6.07) is 10.7. The Morgan fingerprint density at radius 1 is 1.29 bits per heavy atom. The van der Waals surface area contributed by atoms with Crippen molar-refractivity contribution in [1.29, 1.82) is 0 Å². The van der Waals surface area contributed by atoms with Crippen molar-refractivity contribution in [2.45, 2.75) is 13.1 Å². The number of aromatic nitrogens is 1. The van der Waals surface area contributed by atoms with E-state index in [-0.39, 0.29) is 6.03 Å². The van der Waals surface area contributed by atoms with Crippen LogP contribution in [0.5, 0.6) is 5.88 Å². The number of benzene rings is 1. The summed E-state index contributed by atoms with van der Waals surface area (Å²) in [5, 5.41) is 5.53. The number of nitrogens with two attached hydrogens (primary N) is 1. The van der Waals surface area contributed by atoms with Crippen molar-refractivity contribution in [2.75, 3.05) is 12.4 Å². The highest BCUT2D eigenvalue weighted by Crippen LogP contribution is 2.10. The first-order chi connectivity index (χ1) is 10.2. The number of carbonyl (C=O) groups is 1. The predicted molar refractivity (Wildman–Crippen MR) is 81.0 cm³/mol. The lowest BCUT2D eigenvalue weighted by molar-refractivity contribution is 0.251. The summed E-state index contributed by atoms with van der Waals surface area (Å²) < 4.78 is 5.03. The Morgan fingerprint density at radius 3 is 2.90 bits per heavy atom. The van der Waals surface area contributed by atoms with Crippen LogP contribution in [0.1, 0.15) is 11.1 Å². The lowest BCUT2D eigenvalue weighted by atomic mass is 10.2. The van der Waals surface area contributed by atoms with E-state index >= 15 is 0 Å². The summed E-state index contributed by atoms with van der Waals surface area (Å²) in [6.07, 6.45) is 1.64. The molecule has 2 aromatic rings. The molecule has 0 atom stereocenters. The van der Waals surface area contributed by atoms with E-state index in [1.54, 1.807) is 19.4 Å². The lowest BCUT2D eigenvalue weighted by Gasteiger charge is -2.09. The van der Waals surface area contributed by atoms with Gasteiger partial charge >= 0.3 is 6.03 Å². The molecule has 2 rings (SSSR count). The van der Waals surface area contributed by atoms with Gasteiger partial charge in [0.05, 0.1) is 7.11 Å². The summed E-state index contributed by atoms with van der Waals surface area (Å²) >= 11 is 0. The topological polar surface area (TPSA) is 89.3 Å². The second-order valence-electron chi connectivity index (χ2n) is 4.42. The standard InChI is InChI=1S/C15H18N4O2/c1-21-14-8-12(5-6-17-14)10-18-15(20)19-13-4-2-3-11(7-13)9-16/h2-8H,9-10,16H2,1H3,(H2,18,19,20). The minimum Gasteiger partial charge on any atom is -0.481 e. The molecule has 6 heteroatoms. The molecule has 0 unspecified atom stereocenters. The summed E-state index contributed by atoms with van der Waals surface area (Å²) in [5.41, 5.74) is 8.15. The van der Waals surface area contributed by atoms with Gasteiger partial charge in [0.25, 0.3) is 0 Å². The number of pyridine rings is 1. The molecule has 2 amide bonds. The summed E-state index contributed by atoms with van der Waals surface area (Å²) in [6.45, 7) is 0.829. The molecule has 1 aromatic carbocycles. The zero-order valence-corrected chi connectivity index (χ0v) is 11.8. The quantitative estimate of drug-likeness (QED) is 0.782. The third-order valence-electron chi connectivity index (χ3n) is 2.88. The summed E-state index contributed by atoms with van der Waals surface area (Å²) in [7, 11) is 1.55. The number of urea groups is 1. The minimum atomic E-state index is -0.278. The van der Waals surface area contributed by atoms with Crippen LogP contribution in [0.4, 0.5) is 10.5 Å². The number of nitrogens with one attached hydrogen (secondary N) is 2. The lowest BCUT2D eigenvalue weighted by Crippen LogP contribution is -2.28. The van der Waals surface area contributed by atoms with E-state index in [0.29, 0.717) is 24.7 Å². The average molecular weight is 286 g/mol. The number of ether oxygens (including phenoxy) is 1. The van der Waals surface area contributed by atoms with Crippen LogP contribution in [-0.4, -0.2) is 18.1 Å². The third kappa shape index (κ3) is 4.47. The molecule has 0 aliphatic heterocycles. The molecule has 0 radical (unpaired) electrons. The molecule has 0 fully saturated rings. The van der Waals surface area contributed by atoms with E-state index in [4.69, 9.17) is 10.5 Å². The fourth-order valence-corrected chi connectivity index (χ4v) is 1.81. The molecule has 4 N–H and O–H groups in total. The monoisotopic (exact) mass is 286 g/mol. The maximum atomic E-state index is 11.8. The van der Waals surface area contributed by atoms with Crippen LogP contribution >= 0.6 is 0 Å². The van der Waals surface area contributed by atoms with Crippen LogP contribution in [0.15, 0.2) is 42.6 Å². The molecule has 21 heavy (non-hydrogen) atoms. The van der Waals surface area contributed by atoms with Crippen LogP contribution in [0, 0.1) is 0 Å². The van der Waals surface area contributed by atoms with Crippen LogP contribution in [0.2, 0.25) is 0 Å². The van der Waals surface area contributed by atoms with E-state index < -0.39 is 0 Å².